The maximum Gasteiger partial charge on any atom is 0.248 e. The average molecular weight is 268 g/mol. The maximum absolute atomic E-state index is 11.2. The van der Waals surface area contributed by atoms with Crippen molar-refractivity contribution < 1.29 is 4.79 Å². The van der Waals surface area contributed by atoms with Crippen LogP contribution in [-0.2, 0) is 0 Å². The predicted octanol–water partition coefficient (Wildman–Crippen LogP) is 3.58. The van der Waals surface area contributed by atoms with Crippen molar-refractivity contribution in [2.75, 3.05) is 5.32 Å². The summed E-state index contributed by atoms with van der Waals surface area (Å²) in [6, 6.07) is 13.9. The van der Waals surface area contributed by atoms with E-state index in [0.29, 0.717) is 5.56 Å². The molecule has 0 aromatic heterocycles. The molecule has 20 heavy (non-hydrogen) atoms. The maximum atomic E-state index is 11.2. The van der Waals surface area contributed by atoms with Crippen LogP contribution in [0.25, 0.3) is 0 Å². The number of benzene rings is 2. The molecule has 3 N–H and O–H groups in total. The molecule has 1 unspecified atom stereocenters. The molecule has 0 radical (unpaired) electrons. The highest BCUT2D eigenvalue weighted by atomic mass is 16.1. The van der Waals surface area contributed by atoms with Gasteiger partial charge >= 0.3 is 0 Å². The van der Waals surface area contributed by atoms with E-state index < -0.39 is 5.91 Å². The minimum absolute atomic E-state index is 0.165. The van der Waals surface area contributed by atoms with Gasteiger partial charge in [-0.05, 0) is 50.1 Å². The van der Waals surface area contributed by atoms with Gasteiger partial charge in [0.05, 0.1) is 0 Å². The fraction of sp³-hybridized carbons (Fsp3) is 0.235. The van der Waals surface area contributed by atoms with Gasteiger partial charge in [-0.2, -0.15) is 0 Å². The first-order valence-electron chi connectivity index (χ1n) is 6.71. The first-order chi connectivity index (χ1) is 9.47. The Kier molecular flexibility index (Phi) is 4.08. The van der Waals surface area contributed by atoms with Crippen LogP contribution in [0.1, 0.15) is 40.0 Å². The fourth-order valence-corrected chi connectivity index (χ4v) is 2.40. The molecule has 2 aromatic rings. The summed E-state index contributed by atoms with van der Waals surface area (Å²) < 4.78 is 0. The van der Waals surface area contributed by atoms with Gasteiger partial charge in [-0.25, -0.2) is 0 Å². The lowest BCUT2D eigenvalue weighted by atomic mass is 10.00. The van der Waals surface area contributed by atoms with Crippen LogP contribution in [0.15, 0.2) is 42.5 Å². The summed E-state index contributed by atoms with van der Waals surface area (Å²) in [5, 5.41) is 3.41. The molecule has 0 aliphatic heterocycles. The van der Waals surface area contributed by atoms with Crippen molar-refractivity contribution in [3.05, 3.63) is 64.7 Å². The summed E-state index contributed by atoms with van der Waals surface area (Å²) in [5.41, 5.74) is 10.5. The normalized spacial score (nSPS) is 11.9. The smallest absolute Gasteiger partial charge is 0.248 e. The molecule has 0 fully saturated rings. The van der Waals surface area contributed by atoms with Crippen molar-refractivity contribution in [1.82, 2.24) is 0 Å². The third-order valence-electron chi connectivity index (χ3n) is 3.42. The molecule has 1 amide bonds. The molecule has 0 spiro atoms. The van der Waals surface area contributed by atoms with Gasteiger partial charge in [-0.1, -0.05) is 29.8 Å². The standard InChI is InChI=1S/C17H20N2O/c1-11-7-8-16(12(2)9-11)13(3)19-15-6-4-5-14(10-15)17(18)20/h4-10,13,19H,1-3H3,(H2,18,20). The van der Waals surface area contributed by atoms with Gasteiger partial charge in [-0.15, -0.1) is 0 Å². The number of nitrogens with two attached hydrogens (primary N) is 1. The molecule has 0 heterocycles. The second-order valence-corrected chi connectivity index (χ2v) is 5.17. The molecular weight excluding hydrogens is 248 g/mol. The zero-order chi connectivity index (χ0) is 14.7. The zero-order valence-electron chi connectivity index (χ0n) is 12.1. The van der Waals surface area contributed by atoms with Gasteiger partial charge in [0.2, 0.25) is 5.91 Å². The highest BCUT2D eigenvalue weighted by molar-refractivity contribution is 5.93. The molecule has 0 saturated carbocycles. The van der Waals surface area contributed by atoms with Gasteiger partial charge in [0.15, 0.2) is 0 Å². The van der Waals surface area contributed by atoms with Gasteiger partial charge < -0.3 is 11.1 Å². The fourth-order valence-electron chi connectivity index (χ4n) is 2.40. The van der Waals surface area contributed by atoms with Crippen LogP contribution in [0.5, 0.6) is 0 Å². The van der Waals surface area contributed by atoms with E-state index >= 15 is 0 Å². The molecular formula is C17H20N2O. The van der Waals surface area contributed by atoms with Crippen molar-refractivity contribution >= 4 is 11.6 Å². The Hall–Kier alpha value is -2.29. The average Bonchev–Trinajstić information content (AvgIpc) is 2.38. The largest absolute Gasteiger partial charge is 0.378 e. The van der Waals surface area contributed by atoms with Crippen molar-refractivity contribution in [2.24, 2.45) is 5.73 Å². The summed E-state index contributed by atoms with van der Waals surface area (Å²) in [5.74, 6) is -0.409. The third kappa shape index (κ3) is 3.18. The number of hydrogen-bond donors (Lipinski definition) is 2. The van der Waals surface area contributed by atoms with Crippen LogP contribution in [0.3, 0.4) is 0 Å². The Bertz CT molecular complexity index is 635. The zero-order valence-corrected chi connectivity index (χ0v) is 12.1. The molecule has 0 bridgehead atoms. The lowest BCUT2D eigenvalue weighted by Crippen LogP contribution is -2.12. The number of aryl methyl sites for hydroxylation is 2. The molecule has 0 aliphatic rings. The van der Waals surface area contributed by atoms with Crippen molar-refractivity contribution in [3.63, 3.8) is 0 Å². The Balaban J connectivity index is 2.21. The van der Waals surface area contributed by atoms with Crippen LogP contribution >= 0.6 is 0 Å². The van der Waals surface area contributed by atoms with E-state index in [2.05, 4.69) is 44.3 Å². The van der Waals surface area contributed by atoms with Crippen molar-refractivity contribution in [3.8, 4) is 0 Å². The van der Waals surface area contributed by atoms with E-state index in [1.54, 1.807) is 12.1 Å². The number of amides is 1. The number of hydrogen-bond acceptors (Lipinski definition) is 2. The molecule has 0 aliphatic carbocycles. The topological polar surface area (TPSA) is 55.1 Å². The molecule has 3 heteroatoms. The third-order valence-corrected chi connectivity index (χ3v) is 3.42. The van der Waals surface area contributed by atoms with Crippen LogP contribution < -0.4 is 11.1 Å². The highest BCUT2D eigenvalue weighted by Gasteiger charge is 2.09. The first kappa shape index (κ1) is 14.1. The van der Waals surface area contributed by atoms with Gasteiger partial charge in [0.25, 0.3) is 0 Å². The highest BCUT2D eigenvalue weighted by Crippen LogP contribution is 2.23. The molecule has 2 rings (SSSR count). The molecule has 104 valence electrons. The number of rotatable bonds is 4. The second-order valence-electron chi connectivity index (χ2n) is 5.17. The first-order valence-corrected chi connectivity index (χ1v) is 6.71. The number of anilines is 1. The van der Waals surface area contributed by atoms with E-state index in [9.17, 15) is 4.79 Å². The quantitative estimate of drug-likeness (QED) is 0.890. The Morgan fingerprint density at radius 3 is 2.55 bits per heavy atom. The number of nitrogens with one attached hydrogen (secondary N) is 1. The van der Waals surface area contributed by atoms with Gasteiger partial charge in [0, 0.05) is 17.3 Å². The van der Waals surface area contributed by atoms with E-state index in [1.165, 1.54) is 16.7 Å². The van der Waals surface area contributed by atoms with Crippen LogP contribution in [0.2, 0.25) is 0 Å². The second kappa shape index (κ2) is 5.78. The van der Waals surface area contributed by atoms with Gasteiger partial charge in [-0.3, -0.25) is 4.79 Å². The molecule has 1 atom stereocenters. The summed E-state index contributed by atoms with van der Waals surface area (Å²) in [7, 11) is 0. The minimum Gasteiger partial charge on any atom is -0.378 e. The van der Waals surface area contributed by atoms with Crippen molar-refractivity contribution in [2.45, 2.75) is 26.8 Å². The van der Waals surface area contributed by atoms with Crippen LogP contribution in [-0.4, -0.2) is 5.91 Å². The number of carbonyl (C=O) groups excluding carboxylic acids is 1. The van der Waals surface area contributed by atoms with Crippen molar-refractivity contribution in [1.29, 1.82) is 0 Å². The lowest BCUT2D eigenvalue weighted by molar-refractivity contribution is 0.100. The molecule has 3 nitrogen and oxygen atoms in total. The van der Waals surface area contributed by atoms with Gasteiger partial charge in [0.1, 0.15) is 0 Å². The summed E-state index contributed by atoms with van der Waals surface area (Å²) >= 11 is 0. The lowest BCUT2D eigenvalue weighted by Gasteiger charge is -2.18. The van der Waals surface area contributed by atoms with E-state index in [-0.39, 0.29) is 6.04 Å². The van der Waals surface area contributed by atoms with E-state index in [1.807, 2.05) is 12.1 Å². The SMILES string of the molecule is Cc1ccc(C(C)Nc2cccc(C(N)=O)c2)c(C)c1. The Morgan fingerprint density at radius 1 is 1.15 bits per heavy atom. The van der Waals surface area contributed by atoms with Crippen LogP contribution in [0, 0.1) is 13.8 Å². The monoisotopic (exact) mass is 268 g/mol. The predicted molar refractivity (Wildman–Crippen MR) is 82.9 cm³/mol. The molecule has 2 aromatic carbocycles. The van der Waals surface area contributed by atoms with Crippen LogP contribution in [0.4, 0.5) is 5.69 Å². The number of primary amides is 1. The summed E-state index contributed by atoms with van der Waals surface area (Å²) in [4.78, 5) is 11.2. The minimum atomic E-state index is -0.409. The van der Waals surface area contributed by atoms with E-state index in [0.717, 1.165) is 5.69 Å². The summed E-state index contributed by atoms with van der Waals surface area (Å²) in [6.45, 7) is 6.31. The Morgan fingerprint density at radius 2 is 1.90 bits per heavy atom. The van der Waals surface area contributed by atoms with E-state index in [4.69, 9.17) is 5.73 Å². The Labute approximate surface area is 119 Å². The number of carbonyl (C=O) groups is 1. The summed E-state index contributed by atoms with van der Waals surface area (Å²) in [6.07, 6.45) is 0. The molecule has 0 saturated heterocycles.